The van der Waals surface area contributed by atoms with Crippen molar-refractivity contribution in [1.29, 1.82) is 0 Å². The Morgan fingerprint density at radius 3 is 2.07 bits per heavy atom. The van der Waals surface area contributed by atoms with Crippen LogP contribution in [0.3, 0.4) is 0 Å². The summed E-state index contributed by atoms with van der Waals surface area (Å²) in [5.74, 6) is 1.58. The van der Waals surface area contributed by atoms with Crippen molar-refractivity contribution in [3.63, 3.8) is 0 Å². The van der Waals surface area contributed by atoms with E-state index in [9.17, 15) is 0 Å². The van der Waals surface area contributed by atoms with E-state index < -0.39 is 0 Å². The van der Waals surface area contributed by atoms with Crippen LogP contribution in [0.4, 0.5) is 0 Å². The normalized spacial score (nSPS) is 13.9. The van der Waals surface area contributed by atoms with Crippen molar-refractivity contribution in [2.24, 2.45) is 0 Å². The van der Waals surface area contributed by atoms with E-state index in [1.165, 1.54) is 11.1 Å². The van der Waals surface area contributed by atoms with Crippen molar-refractivity contribution in [1.82, 2.24) is 0 Å². The fourth-order valence-electron chi connectivity index (χ4n) is 1.67. The number of hydrogen-bond acceptors (Lipinski definition) is 1. The second-order valence-corrected chi connectivity index (χ2v) is 5.73. The predicted molar refractivity (Wildman–Crippen MR) is 72.0 cm³/mol. The summed E-state index contributed by atoms with van der Waals surface area (Å²) in [6.07, 6.45) is 1.15. The molecule has 0 amide bonds. The molecule has 84 valence electrons. The summed E-state index contributed by atoms with van der Waals surface area (Å²) in [7, 11) is 0. The summed E-state index contributed by atoms with van der Waals surface area (Å²) < 4.78 is 0. The summed E-state index contributed by atoms with van der Waals surface area (Å²) >= 11 is 4.28. The number of thiol groups is 1. The zero-order chi connectivity index (χ0) is 11.5. The number of rotatable bonds is 3. The van der Waals surface area contributed by atoms with E-state index in [1.807, 2.05) is 0 Å². The van der Waals surface area contributed by atoms with E-state index in [2.05, 4.69) is 64.6 Å². The molecule has 15 heavy (non-hydrogen) atoms. The Morgan fingerprint density at radius 2 is 1.67 bits per heavy atom. The van der Waals surface area contributed by atoms with E-state index in [4.69, 9.17) is 0 Å². The fourth-order valence-corrected chi connectivity index (χ4v) is 2.06. The van der Waals surface area contributed by atoms with E-state index >= 15 is 0 Å². The predicted octanol–water partition coefficient (Wildman–Crippen LogP) is 4.41. The molecule has 1 rings (SSSR count). The molecule has 0 spiro atoms. The van der Waals surface area contributed by atoms with Gasteiger partial charge in [0, 0.05) is 0 Å². The van der Waals surface area contributed by atoms with Crippen LogP contribution in [-0.4, -0.2) is 5.75 Å². The van der Waals surface area contributed by atoms with Gasteiger partial charge in [0.1, 0.15) is 0 Å². The summed E-state index contributed by atoms with van der Waals surface area (Å²) in [6, 6.07) is 9.03. The topological polar surface area (TPSA) is 0 Å². The highest BCUT2D eigenvalue weighted by Crippen LogP contribution is 2.25. The molecule has 0 saturated carbocycles. The largest absolute Gasteiger partial charge is 0.179 e. The molecule has 0 heterocycles. The van der Waals surface area contributed by atoms with Crippen LogP contribution in [0.1, 0.15) is 51.2 Å². The average Bonchev–Trinajstić information content (AvgIpc) is 2.17. The summed E-state index contributed by atoms with van der Waals surface area (Å²) in [5, 5.41) is 0. The molecule has 1 aromatic carbocycles. The van der Waals surface area contributed by atoms with Crippen molar-refractivity contribution >= 4 is 12.6 Å². The van der Waals surface area contributed by atoms with Gasteiger partial charge in [0.25, 0.3) is 0 Å². The Balaban J connectivity index is 2.81. The van der Waals surface area contributed by atoms with Crippen molar-refractivity contribution in [3.8, 4) is 0 Å². The Morgan fingerprint density at radius 1 is 1.13 bits per heavy atom. The molecule has 0 fully saturated rings. The molecule has 0 aliphatic carbocycles. The van der Waals surface area contributed by atoms with Crippen LogP contribution >= 0.6 is 12.6 Å². The van der Waals surface area contributed by atoms with Crippen LogP contribution in [-0.2, 0) is 5.41 Å². The van der Waals surface area contributed by atoms with Gasteiger partial charge in [-0.3, -0.25) is 0 Å². The minimum Gasteiger partial charge on any atom is -0.179 e. The third-order valence-electron chi connectivity index (χ3n) is 2.91. The maximum absolute atomic E-state index is 4.28. The van der Waals surface area contributed by atoms with Gasteiger partial charge in [-0.25, -0.2) is 0 Å². The maximum atomic E-state index is 4.28. The van der Waals surface area contributed by atoms with Crippen molar-refractivity contribution < 1.29 is 0 Å². The molecule has 0 nitrogen and oxygen atoms in total. The fraction of sp³-hybridized carbons (Fsp3) is 0.571. The molecule has 1 aromatic rings. The average molecular weight is 222 g/mol. The Labute approximate surface area is 99.5 Å². The number of benzene rings is 1. The molecule has 0 saturated heterocycles. The quantitative estimate of drug-likeness (QED) is 0.720. The highest BCUT2D eigenvalue weighted by Gasteiger charge is 2.13. The van der Waals surface area contributed by atoms with Crippen LogP contribution in [0.15, 0.2) is 24.3 Å². The van der Waals surface area contributed by atoms with Gasteiger partial charge in [0.2, 0.25) is 0 Å². The second-order valence-electron chi connectivity index (χ2n) is 5.29. The molecule has 0 aromatic heterocycles. The summed E-state index contributed by atoms with van der Waals surface area (Å²) in [5.41, 5.74) is 3.09. The van der Waals surface area contributed by atoms with E-state index in [1.54, 1.807) is 0 Å². The summed E-state index contributed by atoms with van der Waals surface area (Å²) in [4.78, 5) is 0. The zero-order valence-corrected chi connectivity index (χ0v) is 11.1. The second kappa shape index (κ2) is 5.07. The maximum Gasteiger partial charge on any atom is -0.00922 e. The van der Waals surface area contributed by atoms with Crippen LogP contribution in [0, 0.1) is 0 Å². The van der Waals surface area contributed by atoms with Gasteiger partial charge in [-0.05, 0) is 34.6 Å². The smallest absolute Gasteiger partial charge is 0.00922 e. The van der Waals surface area contributed by atoms with E-state index in [0.717, 1.165) is 12.2 Å². The molecule has 1 unspecified atom stereocenters. The Bertz CT molecular complexity index is 292. The van der Waals surface area contributed by atoms with Gasteiger partial charge >= 0.3 is 0 Å². The lowest BCUT2D eigenvalue weighted by molar-refractivity contribution is 0.589. The highest BCUT2D eigenvalue weighted by atomic mass is 32.1. The standard InChI is InChI=1S/C14H22S/c1-11(9-10-15)12-5-7-13(8-6-12)14(2,3)4/h5-8,11,15H,9-10H2,1-4H3. The lowest BCUT2D eigenvalue weighted by atomic mass is 9.85. The molecule has 0 aliphatic heterocycles. The van der Waals surface area contributed by atoms with Crippen LogP contribution < -0.4 is 0 Å². The molecule has 1 heteroatoms. The van der Waals surface area contributed by atoms with Gasteiger partial charge in [0.05, 0.1) is 0 Å². The highest BCUT2D eigenvalue weighted by molar-refractivity contribution is 7.80. The van der Waals surface area contributed by atoms with Crippen molar-refractivity contribution in [2.75, 3.05) is 5.75 Å². The lowest BCUT2D eigenvalue weighted by Gasteiger charge is -2.20. The minimum absolute atomic E-state index is 0.255. The lowest BCUT2D eigenvalue weighted by Crippen LogP contribution is -2.10. The van der Waals surface area contributed by atoms with Crippen molar-refractivity contribution in [2.45, 2.75) is 45.4 Å². The molecule has 0 bridgehead atoms. The van der Waals surface area contributed by atoms with Gasteiger partial charge in [-0.15, -0.1) is 0 Å². The first-order chi connectivity index (χ1) is 6.95. The Hall–Kier alpha value is -0.430. The van der Waals surface area contributed by atoms with Gasteiger partial charge in [0.15, 0.2) is 0 Å². The molecular formula is C14H22S. The molecule has 1 atom stereocenters. The monoisotopic (exact) mass is 222 g/mol. The molecule has 0 radical (unpaired) electrons. The third kappa shape index (κ3) is 3.57. The molecule has 0 aliphatic rings. The summed E-state index contributed by atoms with van der Waals surface area (Å²) in [6.45, 7) is 9.01. The van der Waals surface area contributed by atoms with Gasteiger partial charge in [-0.2, -0.15) is 12.6 Å². The Kier molecular flexibility index (Phi) is 4.27. The third-order valence-corrected chi connectivity index (χ3v) is 3.17. The zero-order valence-electron chi connectivity index (χ0n) is 10.2. The van der Waals surface area contributed by atoms with Gasteiger partial charge in [-0.1, -0.05) is 52.0 Å². The minimum atomic E-state index is 0.255. The van der Waals surface area contributed by atoms with Crippen LogP contribution in [0.2, 0.25) is 0 Å². The first-order valence-electron chi connectivity index (χ1n) is 5.66. The first-order valence-corrected chi connectivity index (χ1v) is 6.29. The van der Waals surface area contributed by atoms with Crippen molar-refractivity contribution in [3.05, 3.63) is 35.4 Å². The SMILES string of the molecule is CC(CCS)c1ccc(C(C)(C)C)cc1. The molecular weight excluding hydrogens is 200 g/mol. The first kappa shape index (κ1) is 12.6. The van der Waals surface area contributed by atoms with Crippen LogP contribution in [0.5, 0.6) is 0 Å². The van der Waals surface area contributed by atoms with E-state index in [0.29, 0.717) is 5.92 Å². The number of hydrogen-bond donors (Lipinski definition) is 1. The van der Waals surface area contributed by atoms with Gasteiger partial charge < -0.3 is 0 Å². The van der Waals surface area contributed by atoms with Crippen LogP contribution in [0.25, 0.3) is 0 Å². The molecule has 0 N–H and O–H groups in total. The van der Waals surface area contributed by atoms with E-state index in [-0.39, 0.29) is 5.41 Å².